The highest BCUT2D eigenvalue weighted by Gasteiger charge is 2.30. The predicted molar refractivity (Wildman–Crippen MR) is 59.8 cm³/mol. The van der Waals surface area contributed by atoms with Gasteiger partial charge in [-0.05, 0) is 31.5 Å². The topological polar surface area (TPSA) is 35.2 Å². The Morgan fingerprint density at radius 3 is 2.47 bits per heavy atom. The molecule has 17 heavy (non-hydrogen) atoms. The van der Waals surface area contributed by atoms with Crippen LogP contribution < -0.4 is 10.5 Å². The second-order valence-electron chi connectivity index (χ2n) is 4.16. The molecule has 1 aromatic carbocycles. The molecule has 1 rings (SSSR count). The Bertz CT molecular complexity index is 363. The van der Waals surface area contributed by atoms with Gasteiger partial charge in [0.2, 0.25) is 0 Å². The van der Waals surface area contributed by atoms with Crippen LogP contribution in [0.1, 0.15) is 31.9 Å². The third kappa shape index (κ3) is 5.08. The van der Waals surface area contributed by atoms with E-state index in [1.165, 1.54) is 0 Å². The fourth-order valence-corrected chi connectivity index (χ4v) is 1.46. The van der Waals surface area contributed by atoms with Crippen LogP contribution in [0, 0.1) is 0 Å². The summed E-state index contributed by atoms with van der Waals surface area (Å²) in [6.07, 6.45) is -5.31. The van der Waals surface area contributed by atoms with Gasteiger partial charge in [0, 0.05) is 6.04 Å². The highest BCUT2D eigenvalue weighted by Crippen LogP contribution is 2.29. The van der Waals surface area contributed by atoms with Crippen LogP contribution in [0.3, 0.4) is 0 Å². The highest BCUT2D eigenvalue weighted by molar-refractivity contribution is 5.30. The molecule has 0 aromatic heterocycles. The Balaban J connectivity index is 2.77. The van der Waals surface area contributed by atoms with E-state index in [2.05, 4.69) is 0 Å². The zero-order valence-corrected chi connectivity index (χ0v) is 9.79. The number of rotatable bonds is 4. The number of halogens is 3. The van der Waals surface area contributed by atoms with E-state index in [-0.39, 0.29) is 6.10 Å². The maximum Gasteiger partial charge on any atom is 0.390 e. The smallest absolute Gasteiger partial charge is 0.390 e. The van der Waals surface area contributed by atoms with Crippen LogP contribution in [0.4, 0.5) is 13.2 Å². The molecule has 0 amide bonds. The average molecular weight is 247 g/mol. The van der Waals surface area contributed by atoms with E-state index in [1.807, 2.05) is 13.8 Å². The van der Waals surface area contributed by atoms with Gasteiger partial charge < -0.3 is 10.5 Å². The van der Waals surface area contributed by atoms with E-state index in [1.54, 1.807) is 24.3 Å². The third-order valence-corrected chi connectivity index (χ3v) is 2.11. The molecule has 5 heteroatoms. The van der Waals surface area contributed by atoms with Crippen LogP contribution >= 0.6 is 0 Å². The molecule has 0 heterocycles. The molecule has 0 fully saturated rings. The van der Waals surface area contributed by atoms with Gasteiger partial charge in [-0.3, -0.25) is 0 Å². The van der Waals surface area contributed by atoms with Crippen LogP contribution in [-0.2, 0) is 0 Å². The lowest BCUT2D eigenvalue weighted by atomic mass is 10.0. The summed E-state index contributed by atoms with van der Waals surface area (Å²) in [7, 11) is 0. The fourth-order valence-electron chi connectivity index (χ4n) is 1.46. The Morgan fingerprint density at radius 1 is 1.29 bits per heavy atom. The minimum atomic E-state index is -4.26. The molecule has 0 aliphatic rings. The Kier molecular flexibility index (Phi) is 4.40. The van der Waals surface area contributed by atoms with Crippen molar-refractivity contribution in [1.29, 1.82) is 0 Å². The summed E-state index contributed by atoms with van der Waals surface area (Å²) in [5.41, 5.74) is 5.94. The van der Waals surface area contributed by atoms with Gasteiger partial charge in [0.25, 0.3) is 0 Å². The highest BCUT2D eigenvalue weighted by atomic mass is 19.4. The molecule has 96 valence electrons. The Hall–Kier alpha value is -1.23. The van der Waals surface area contributed by atoms with Crippen molar-refractivity contribution in [2.75, 3.05) is 0 Å². The number of nitrogens with two attached hydrogens (primary N) is 1. The minimum absolute atomic E-state index is 0.0240. The molecule has 0 radical (unpaired) electrons. The molecule has 0 aliphatic carbocycles. The lowest BCUT2D eigenvalue weighted by molar-refractivity contribution is -0.138. The van der Waals surface area contributed by atoms with Gasteiger partial charge >= 0.3 is 6.18 Å². The molecule has 0 saturated heterocycles. The minimum Gasteiger partial charge on any atom is -0.491 e. The van der Waals surface area contributed by atoms with Crippen molar-refractivity contribution < 1.29 is 17.9 Å². The monoisotopic (exact) mass is 247 g/mol. The second-order valence-corrected chi connectivity index (χ2v) is 4.16. The second kappa shape index (κ2) is 5.40. The maximum absolute atomic E-state index is 12.2. The fraction of sp³-hybridized carbons (Fsp3) is 0.500. The molecule has 2 nitrogen and oxygen atoms in total. The number of hydrogen-bond acceptors (Lipinski definition) is 2. The molecule has 0 spiro atoms. The van der Waals surface area contributed by atoms with E-state index >= 15 is 0 Å². The van der Waals surface area contributed by atoms with Gasteiger partial charge in [0.15, 0.2) is 0 Å². The summed E-state index contributed by atoms with van der Waals surface area (Å²) < 4.78 is 42.0. The Morgan fingerprint density at radius 2 is 1.94 bits per heavy atom. The van der Waals surface area contributed by atoms with Crippen LogP contribution in [0.15, 0.2) is 24.3 Å². The summed E-state index contributed by atoms with van der Waals surface area (Å²) in [5.74, 6) is 0.537. The van der Waals surface area contributed by atoms with Gasteiger partial charge in [-0.1, -0.05) is 12.1 Å². The lowest BCUT2D eigenvalue weighted by Gasteiger charge is -2.16. The van der Waals surface area contributed by atoms with E-state index < -0.39 is 18.6 Å². The summed E-state index contributed by atoms with van der Waals surface area (Å²) in [6, 6.07) is 5.42. The van der Waals surface area contributed by atoms with Crippen molar-refractivity contribution in [2.45, 2.75) is 38.6 Å². The lowest BCUT2D eigenvalue weighted by Crippen LogP contribution is -2.20. The van der Waals surface area contributed by atoms with Crippen molar-refractivity contribution in [3.63, 3.8) is 0 Å². The van der Waals surface area contributed by atoms with Gasteiger partial charge in [-0.25, -0.2) is 0 Å². The van der Waals surface area contributed by atoms with Gasteiger partial charge in [-0.15, -0.1) is 0 Å². The molecule has 0 saturated carbocycles. The Labute approximate surface area is 98.6 Å². The first kappa shape index (κ1) is 13.8. The molecule has 0 bridgehead atoms. The van der Waals surface area contributed by atoms with Crippen LogP contribution in [0.2, 0.25) is 0 Å². The molecule has 1 aromatic rings. The van der Waals surface area contributed by atoms with Crippen molar-refractivity contribution in [1.82, 2.24) is 0 Å². The quantitative estimate of drug-likeness (QED) is 0.884. The normalized spacial score (nSPS) is 13.8. The van der Waals surface area contributed by atoms with Gasteiger partial charge in [-0.2, -0.15) is 13.2 Å². The van der Waals surface area contributed by atoms with Crippen LogP contribution in [-0.4, -0.2) is 12.3 Å². The molecule has 0 aliphatic heterocycles. The molecule has 1 unspecified atom stereocenters. The molecule has 2 N–H and O–H groups in total. The first-order valence-electron chi connectivity index (χ1n) is 5.37. The zero-order chi connectivity index (χ0) is 13.1. The third-order valence-electron chi connectivity index (χ3n) is 2.11. The SMILES string of the molecule is CC(C)Oc1cccc(C(N)CC(F)(F)F)c1. The first-order valence-corrected chi connectivity index (χ1v) is 5.37. The first-order chi connectivity index (χ1) is 7.78. The summed E-state index contributed by atoms with van der Waals surface area (Å²) >= 11 is 0. The summed E-state index contributed by atoms with van der Waals surface area (Å²) in [6.45, 7) is 3.70. The van der Waals surface area contributed by atoms with Gasteiger partial charge in [0.1, 0.15) is 5.75 Å². The van der Waals surface area contributed by atoms with E-state index in [9.17, 15) is 13.2 Å². The van der Waals surface area contributed by atoms with E-state index in [0.717, 1.165) is 0 Å². The number of hydrogen-bond donors (Lipinski definition) is 1. The zero-order valence-electron chi connectivity index (χ0n) is 9.79. The van der Waals surface area contributed by atoms with Crippen molar-refractivity contribution in [3.8, 4) is 5.75 Å². The largest absolute Gasteiger partial charge is 0.491 e. The molecular formula is C12H16F3NO. The average Bonchev–Trinajstić information content (AvgIpc) is 2.14. The summed E-state index contributed by atoms with van der Waals surface area (Å²) in [5, 5.41) is 0. The molecular weight excluding hydrogens is 231 g/mol. The standard InChI is InChI=1S/C12H16F3NO/c1-8(2)17-10-5-3-4-9(6-10)11(16)7-12(13,14)15/h3-6,8,11H,7,16H2,1-2H3. The predicted octanol–water partition coefficient (Wildman–Crippen LogP) is 3.43. The van der Waals surface area contributed by atoms with Crippen molar-refractivity contribution in [2.24, 2.45) is 5.73 Å². The van der Waals surface area contributed by atoms with E-state index in [4.69, 9.17) is 10.5 Å². The number of ether oxygens (including phenoxy) is 1. The molecule has 1 atom stereocenters. The van der Waals surface area contributed by atoms with Gasteiger partial charge in [0.05, 0.1) is 12.5 Å². The van der Waals surface area contributed by atoms with Crippen molar-refractivity contribution >= 4 is 0 Å². The van der Waals surface area contributed by atoms with Crippen molar-refractivity contribution in [3.05, 3.63) is 29.8 Å². The van der Waals surface area contributed by atoms with Crippen LogP contribution in [0.25, 0.3) is 0 Å². The van der Waals surface area contributed by atoms with E-state index in [0.29, 0.717) is 11.3 Å². The number of alkyl halides is 3. The van der Waals surface area contributed by atoms with Crippen LogP contribution in [0.5, 0.6) is 5.75 Å². The number of benzene rings is 1. The summed E-state index contributed by atoms with van der Waals surface area (Å²) in [4.78, 5) is 0. The maximum atomic E-state index is 12.2.